The summed E-state index contributed by atoms with van der Waals surface area (Å²) in [6.07, 6.45) is 7.97. The van der Waals surface area contributed by atoms with Crippen LogP contribution in [0.1, 0.15) is 45.4 Å². The Kier molecular flexibility index (Phi) is 6.50. The average Bonchev–Trinajstić information content (AvgIpc) is 2.68. The maximum Gasteiger partial charge on any atom is 0.0499 e. The van der Waals surface area contributed by atoms with Crippen LogP contribution in [0.5, 0.6) is 0 Å². The van der Waals surface area contributed by atoms with Crippen molar-refractivity contribution in [3.63, 3.8) is 0 Å². The van der Waals surface area contributed by atoms with Gasteiger partial charge in [0.15, 0.2) is 0 Å². The molecule has 3 aromatic rings. The molecule has 25 heavy (non-hydrogen) atoms. The van der Waals surface area contributed by atoms with E-state index in [9.17, 15) is 0 Å². The van der Waals surface area contributed by atoms with E-state index in [0.29, 0.717) is 0 Å². The van der Waals surface area contributed by atoms with Crippen LogP contribution >= 0.6 is 0 Å². The molecule has 0 aliphatic rings. The summed E-state index contributed by atoms with van der Waals surface area (Å²) in [7, 11) is 0. The van der Waals surface area contributed by atoms with Gasteiger partial charge < -0.3 is 5.32 Å². The van der Waals surface area contributed by atoms with Crippen molar-refractivity contribution in [1.82, 2.24) is 0 Å². The number of anilines is 1. The molecule has 0 atom stereocenters. The summed E-state index contributed by atoms with van der Waals surface area (Å²) in [5.74, 6) is 0. The molecule has 3 rings (SSSR count). The molecular formula is C24H29N. The Hall–Kier alpha value is -2.28. The number of nitrogens with one attached hydrogen (secondary N) is 1. The first kappa shape index (κ1) is 17.5. The monoisotopic (exact) mass is 331 g/mol. The summed E-state index contributed by atoms with van der Waals surface area (Å²) < 4.78 is 0. The third-order valence-electron chi connectivity index (χ3n) is 4.85. The van der Waals surface area contributed by atoms with Gasteiger partial charge in [0.25, 0.3) is 0 Å². The van der Waals surface area contributed by atoms with E-state index in [1.807, 2.05) is 0 Å². The van der Waals surface area contributed by atoms with Crippen molar-refractivity contribution in [2.24, 2.45) is 0 Å². The summed E-state index contributed by atoms with van der Waals surface area (Å²) in [4.78, 5) is 0. The lowest BCUT2D eigenvalue weighted by Gasteiger charge is -2.16. The molecular weight excluding hydrogens is 302 g/mol. The third-order valence-corrected chi connectivity index (χ3v) is 4.85. The molecule has 0 radical (unpaired) electrons. The zero-order valence-corrected chi connectivity index (χ0v) is 15.3. The number of hydrogen-bond donors (Lipinski definition) is 1. The number of unbranched alkanes of at least 4 members (excludes halogenated alkanes) is 5. The molecule has 130 valence electrons. The average molecular weight is 332 g/mol. The van der Waals surface area contributed by atoms with Crippen molar-refractivity contribution in [1.29, 1.82) is 0 Å². The van der Waals surface area contributed by atoms with Gasteiger partial charge in [0.05, 0.1) is 0 Å². The van der Waals surface area contributed by atoms with Gasteiger partial charge in [0, 0.05) is 23.2 Å². The summed E-state index contributed by atoms with van der Waals surface area (Å²) >= 11 is 0. The zero-order valence-electron chi connectivity index (χ0n) is 15.3. The van der Waals surface area contributed by atoms with Crippen molar-refractivity contribution < 1.29 is 0 Å². The summed E-state index contributed by atoms with van der Waals surface area (Å²) in [5.41, 5.74) is 3.85. The highest BCUT2D eigenvalue weighted by Crippen LogP contribution is 2.34. The predicted octanol–water partition coefficient (Wildman–Crippen LogP) is 7.28. The fourth-order valence-corrected chi connectivity index (χ4v) is 3.44. The van der Waals surface area contributed by atoms with E-state index in [1.165, 1.54) is 66.1 Å². The molecule has 0 saturated carbocycles. The van der Waals surface area contributed by atoms with Gasteiger partial charge in [0.2, 0.25) is 0 Å². The summed E-state index contributed by atoms with van der Waals surface area (Å²) in [6, 6.07) is 23.8. The minimum absolute atomic E-state index is 1.04. The maximum atomic E-state index is 3.75. The number of benzene rings is 3. The smallest absolute Gasteiger partial charge is 0.0499 e. The molecule has 0 fully saturated rings. The Morgan fingerprint density at radius 3 is 2.24 bits per heavy atom. The molecule has 0 saturated heterocycles. The highest BCUT2D eigenvalue weighted by molar-refractivity contribution is 6.01. The molecule has 0 aromatic heterocycles. The fourth-order valence-electron chi connectivity index (χ4n) is 3.44. The van der Waals surface area contributed by atoms with E-state index >= 15 is 0 Å². The van der Waals surface area contributed by atoms with Crippen molar-refractivity contribution in [3.8, 4) is 11.1 Å². The summed E-state index contributed by atoms with van der Waals surface area (Å²) in [6.45, 7) is 3.31. The minimum Gasteiger partial charge on any atom is -0.384 e. The van der Waals surface area contributed by atoms with Crippen LogP contribution in [0.4, 0.5) is 5.69 Å². The molecule has 3 aromatic carbocycles. The van der Waals surface area contributed by atoms with Gasteiger partial charge in [-0.05, 0) is 17.4 Å². The molecule has 1 nitrogen and oxygen atoms in total. The number of rotatable bonds is 9. The molecule has 0 unspecified atom stereocenters. The minimum atomic E-state index is 1.04. The lowest BCUT2D eigenvalue weighted by atomic mass is 9.98. The Morgan fingerprint density at radius 1 is 0.680 bits per heavy atom. The van der Waals surface area contributed by atoms with Crippen LogP contribution in [0.3, 0.4) is 0 Å². The first-order valence-electron chi connectivity index (χ1n) is 9.71. The lowest BCUT2D eigenvalue weighted by Crippen LogP contribution is -2.03. The first-order valence-corrected chi connectivity index (χ1v) is 9.71. The topological polar surface area (TPSA) is 12.0 Å². The van der Waals surface area contributed by atoms with Gasteiger partial charge in [0.1, 0.15) is 0 Å². The second-order valence-electron chi connectivity index (χ2n) is 6.77. The van der Waals surface area contributed by atoms with Gasteiger partial charge in [-0.25, -0.2) is 0 Å². The van der Waals surface area contributed by atoms with Crippen LogP contribution < -0.4 is 5.32 Å². The normalized spacial score (nSPS) is 10.9. The van der Waals surface area contributed by atoms with E-state index in [4.69, 9.17) is 0 Å². The quantitative estimate of drug-likeness (QED) is 0.406. The van der Waals surface area contributed by atoms with Gasteiger partial charge in [-0.15, -0.1) is 0 Å². The van der Waals surface area contributed by atoms with Crippen LogP contribution in [-0.4, -0.2) is 6.54 Å². The van der Waals surface area contributed by atoms with Crippen molar-refractivity contribution in [2.45, 2.75) is 45.4 Å². The molecule has 0 aliphatic carbocycles. The van der Waals surface area contributed by atoms with E-state index in [2.05, 4.69) is 79.0 Å². The third kappa shape index (κ3) is 4.63. The molecule has 0 aliphatic heterocycles. The van der Waals surface area contributed by atoms with Crippen LogP contribution in [0.2, 0.25) is 0 Å². The van der Waals surface area contributed by atoms with Crippen molar-refractivity contribution in [3.05, 3.63) is 66.7 Å². The Bertz CT molecular complexity index is 776. The molecule has 0 amide bonds. The number of hydrogen-bond acceptors (Lipinski definition) is 1. The Balaban J connectivity index is 1.77. The van der Waals surface area contributed by atoms with Gasteiger partial charge in [-0.1, -0.05) is 106 Å². The van der Waals surface area contributed by atoms with Crippen LogP contribution in [0.25, 0.3) is 21.9 Å². The molecule has 0 bridgehead atoms. The van der Waals surface area contributed by atoms with Crippen molar-refractivity contribution >= 4 is 16.5 Å². The van der Waals surface area contributed by atoms with E-state index in [1.54, 1.807) is 0 Å². The molecule has 1 N–H and O–H groups in total. The maximum absolute atomic E-state index is 3.75. The zero-order chi connectivity index (χ0) is 17.3. The van der Waals surface area contributed by atoms with Crippen LogP contribution in [-0.2, 0) is 0 Å². The second-order valence-corrected chi connectivity index (χ2v) is 6.77. The molecule has 0 spiro atoms. The van der Waals surface area contributed by atoms with E-state index in [0.717, 1.165) is 6.54 Å². The lowest BCUT2D eigenvalue weighted by molar-refractivity contribution is 0.617. The molecule has 0 heterocycles. The van der Waals surface area contributed by atoms with Gasteiger partial charge in [-0.3, -0.25) is 0 Å². The first-order chi connectivity index (χ1) is 12.4. The Labute approximate surface area is 152 Å². The standard InChI is InChI=1S/C24H29N/c1-2-3-4-5-6-12-19-25-24-22-16-11-10-15-21(22)17-18-23(24)20-13-8-7-9-14-20/h7-11,13-18,25H,2-6,12,19H2,1H3. The largest absolute Gasteiger partial charge is 0.384 e. The highest BCUT2D eigenvalue weighted by atomic mass is 14.9. The van der Waals surface area contributed by atoms with Gasteiger partial charge >= 0.3 is 0 Å². The van der Waals surface area contributed by atoms with E-state index < -0.39 is 0 Å². The summed E-state index contributed by atoms with van der Waals surface area (Å²) in [5, 5.41) is 6.36. The predicted molar refractivity (Wildman–Crippen MR) is 111 cm³/mol. The number of fused-ring (bicyclic) bond motifs is 1. The fraction of sp³-hybridized carbons (Fsp3) is 0.333. The van der Waals surface area contributed by atoms with Crippen LogP contribution in [0.15, 0.2) is 66.7 Å². The van der Waals surface area contributed by atoms with Crippen molar-refractivity contribution in [2.75, 3.05) is 11.9 Å². The Morgan fingerprint density at radius 2 is 1.40 bits per heavy atom. The molecule has 1 heteroatoms. The van der Waals surface area contributed by atoms with E-state index in [-0.39, 0.29) is 0 Å². The van der Waals surface area contributed by atoms with Crippen LogP contribution in [0, 0.1) is 0 Å². The SMILES string of the molecule is CCCCCCCCNc1c(-c2ccccc2)ccc2ccccc12. The van der Waals surface area contributed by atoms with Gasteiger partial charge in [-0.2, -0.15) is 0 Å². The highest BCUT2D eigenvalue weighted by Gasteiger charge is 2.08. The second kappa shape index (κ2) is 9.27.